The molecule has 0 heterocycles. The maximum Gasteiger partial charge on any atom is 0.0716 e. The Hall–Kier alpha value is -0.0800. The lowest BCUT2D eigenvalue weighted by Gasteiger charge is -2.34. The molecule has 0 aromatic carbocycles. The summed E-state index contributed by atoms with van der Waals surface area (Å²) in [6, 6.07) is 0.0127. The van der Waals surface area contributed by atoms with Gasteiger partial charge in [0.15, 0.2) is 0 Å². The first-order valence-corrected chi connectivity index (χ1v) is 4.05. The van der Waals surface area contributed by atoms with E-state index in [0.717, 1.165) is 12.8 Å². The van der Waals surface area contributed by atoms with Crippen LogP contribution in [0, 0.1) is 11.8 Å². The maximum atomic E-state index is 9.44. The minimum absolute atomic E-state index is 0.0127. The molecule has 1 rings (SSSR count). The zero-order valence-corrected chi connectivity index (χ0v) is 6.75. The second-order valence-electron chi connectivity index (χ2n) is 3.71. The molecular formula is C8H17NO. The van der Waals surface area contributed by atoms with Crippen LogP contribution in [0.15, 0.2) is 0 Å². The predicted octanol–water partition coefficient (Wildman–Crippen LogP) is 0.741. The Morgan fingerprint density at radius 3 is 2.40 bits per heavy atom. The predicted molar refractivity (Wildman–Crippen MR) is 41.5 cm³/mol. The Balaban J connectivity index is 2.49. The summed E-state index contributed by atoms with van der Waals surface area (Å²) in [4.78, 5) is 0. The first-order valence-electron chi connectivity index (χ1n) is 4.05. The Labute approximate surface area is 62.4 Å². The first kappa shape index (κ1) is 8.02. The summed E-state index contributed by atoms with van der Waals surface area (Å²) in [5, 5.41) is 9.44. The van der Waals surface area contributed by atoms with Crippen molar-refractivity contribution in [3.05, 3.63) is 0 Å². The molecule has 1 aliphatic carbocycles. The molecule has 1 aliphatic rings. The van der Waals surface area contributed by atoms with E-state index < -0.39 is 0 Å². The molecule has 0 spiro atoms. The van der Waals surface area contributed by atoms with Crippen molar-refractivity contribution >= 4 is 0 Å². The van der Waals surface area contributed by atoms with Gasteiger partial charge in [0.1, 0.15) is 0 Å². The Kier molecular flexibility index (Phi) is 2.32. The van der Waals surface area contributed by atoms with Gasteiger partial charge in [-0.15, -0.1) is 0 Å². The topological polar surface area (TPSA) is 46.2 Å². The summed E-state index contributed by atoms with van der Waals surface area (Å²) >= 11 is 0. The lowest BCUT2D eigenvalue weighted by atomic mass is 9.79. The van der Waals surface area contributed by atoms with Crippen LogP contribution in [0.5, 0.6) is 0 Å². The van der Waals surface area contributed by atoms with E-state index in [4.69, 9.17) is 5.73 Å². The van der Waals surface area contributed by atoms with E-state index in [9.17, 15) is 5.11 Å². The molecule has 1 fully saturated rings. The third-order valence-electron chi connectivity index (χ3n) is 2.47. The second kappa shape index (κ2) is 2.89. The van der Waals surface area contributed by atoms with E-state index in [2.05, 4.69) is 13.8 Å². The van der Waals surface area contributed by atoms with E-state index in [1.165, 1.54) is 0 Å². The van der Waals surface area contributed by atoms with Crippen molar-refractivity contribution in [2.45, 2.75) is 38.8 Å². The largest absolute Gasteiger partial charge is 0.391 e. The van der Waals surface area contributed by atoms with E-state index in [1.807, 2.05) is 0 Å². The fourth-order valence-electron chi connectivity index (χ4n) is 1.90. The highest BCUT2D eigenvalue weighted by Gasteiger charge is 2.29. The van der Waals surface area contributed by atoms with Crippen molar-refractivity contribution in [3.63, 3.8) is 0 Å². The average Bonchev–Trinajstić information content (AvgIpc) is 1.82. The molecule has 4 atom stereocenters. The summed E-state index contributed by atoms with van der Waals surface area (Å²) in [5.74, 6) is 1.08. The molecule has 2 nitrogen and oxygen atoms in total. The maximum absolute atomic E-state index is 9.44. The molecule has 10 heavy (non-hydrogen) atoms. The number of hydrogen-bond acceptors (Lipinski definition) is 2. The van der Waals surface area contributed by atoms with Crippen molar-refractivity contribution in [1.82, 2.24) is 0 Å². The van der Waals surface area contributed by atoms with E-state index in [0.29, 0.717) is 11.8 Å². The van der Waals surface area contributed by atoms with Gasteiger partial charge >= 0.3 is 0 Å². The van der Waals surface area contributed by atoms with Gasteiger partial charge in [0, 0.05) is 6.04 Å². The fourth-order valence-corrected chi connectivity index (χ4v) is 1.90. The van der Waals surface area contributed by atoms with E-state index in [1.54, 1.807) is 0 Å². The number of rotatable bonds is 0. The van der Waals surface area contributed by atoms with Gasteiger partial charge in [-0.25, -0.2) is 0 Å². The van der Waals surface area contributed by atoms with E-state index >= 15 is 0 Å². The van der Waals surface area contributed by atoms with E-state index in [-0.39, 0.29) is 12.1 Å². The Bertz CT molecular complexity index is 104. The molecule has 0 aromatic heterocycles. The lowest BCUT2D eigenvalue weighted by molar-refractivity contribution is 0.0420. The van der Waals surface area contributed by atoms with Crippen LogP contribution < -0.4 is 5.73 Å². The summed E-state index contributed by atoms with van der Waals surface area (Å²) in [6.45, 7) is 4.27. The van der Waals surface area contributed by atoms with Crippen molar-refractivity contribution in [3.8, 4) is 0 Å². The highest BCUT2D eigenvalue weighted by molar-refractivity contribution is 4.84. The molecular weight excluding hydrogens is 126 g/mol. The van der Waals surface area contributed by atoms with Crippen LogP contribution in [-0.4, -0.2) is 17.3 Å². The molecule has 0 radical (unpaired) electrons. The summed E-state index contributed by atoms with van der Waals surface area (Å²) < 4.78 is 0. The van der Waals surface area contributed by atoms with Crippen LogP contribution in [0.1, 0.15) is 26.7 Å². The Morgan fingerprint density at radius 2 is 1.90 bits per heavy atom. The van der Waals surface area contributed by atoms with Gasteiger partial charge in [-0.05, 0) is 24.7 Å². The van der Waals surface area contributed by atoms with Gasteiger partial charge in [-0.3, -0.25) is 0 Å². The summed E-state index contributed by atoms with van der Waals surface area (Å²) in [7, 11) is 0. The lowest BCUT2D eigenvalue weighted by Crippen LogP contribution is -2.44. The second-order valence-corrected chi connectivity index (χ2v) is 3.71. The summed E-state index contributed by atoms with van der Waals surface area (Å²) in [6.07, 6.45) is 1.83. The van der Waals surface area contributed by atoms with Gasteiger partial charge in [0.25, 0.3) is 0 Å². The van der Waals surface area contributed by atoms with Crippen molar-refractivity contribution < 1.29 is 5.11 Å². The van der Waals surface area contributed by atoms with Crippen LogP contribution in [0.25, 0.3) is 0 Å². The minimum Gasteiger partial charge on any atom is -0.391 e. The van der Waals surface area contributed by atoms with Crippen LogP contribution >= 0.6 is 0 Å². The van der Waals surface area contributed by atoms with Gasteiger partial charge in [0.2, 0.25) is 0 Å². The highest BCUT2D eigenvalue weighted by Crippen LogP contribution is 2.27. The molecule has 3 N–H and O–H groups in total. The molecule has 0 aliphatic heterocycles. The zero-order valence-electron chi connectivity index (χ0n) is 6.75. The molecule has 0 unspecified atom stereocenters. The summed E-state index contributed by atoms with van der Waals surface area (Å²) in [5.41, 5.74) is 5.71. The average molecular weight is 143 g/mol. The number of hydrogen-bond donors (Lipinski definition) is 2. The molecule has 2 heteroatoms. The highest BCUT2D eigenvalue weighted by atomic mass is 16.3. The van der Waals surface area contributed by atoms with Gasteiger partial charge in [-0.2, -0.15) is 0 Å². The van der Waals surface area contributed by atoms with Crippen LogP contribution in [0.2, 0.25) is 0 Å². The SMILES string of the molecule is C[C@H]1C[C@@H](N)[C@@H](O)[C@@H](C)C1. The Morgan fingerprint density at radius 1 is 1.30 bits per heavy atom. The van der Waals surface area contributed by atoms with Crippen LogP contribution in [-0.2, 0) is 0 Å². The number of aliphatic hydroxyl groups excluding tert-OH is 1. The number of aliphatic hydroxyl groups is 1. The van der Waals surface area contributed by atoms with Crippen LogP contribution in [0.4, 0.5) is 0 Å². The smallest absolute Gasteiger partial charge is 0.0716 e. The quantitative estimate of drug-likeness (QED) is 0.525. The van der Waals surface area contributed by atoms with Crippen molar-refractivity contribution in [2.24, 2.45) is 17.6 Å². The third kappa shape index (κ3) is 1.50. The standard InChI is InChI=1S/C8H17NO/c1-5-3-6(2)8(10)7(9)4-5/h5-8,10H,3-4,9H2,1-2H3/t5-,6+,7-,8+/m1/s1. The first-order chi connectivity index (χ1) is 4.61. The molecule has 0 amide bonds. The monoisotopic (exact) mass is 143 g/mol. The third-order valence-corrected chi connectivity index (χ3v) is 2.47. The van der Waals surface area contributed by atoms with Crippen molar-refractivity contribution in [1.29, 1.82) is 0 Å². The van der Waals surface area contributed by atoms with Gasteiger partial charge in [-0.1, -0.05) is 13.8 Å². The molecule has 0 bridgehead atoms. The van der Waals surface area contributed by atoms with Gasteiger partial charge < -0.3 is 10.8 Å². The molecule has 0 aromatic rings. The molecule has 1 saturated carbocycles. The zero-order chi connectivity index (χ0) is 7.72. The normalized spacial score (nSPS) is 49.2. The number of nitrogens with two attached hydrogens (primary N) is 1. The molecule has 60 valence electrons. The van der Waals surface area contributed by atoms with Crippen molar-refractivity contribution in [2.75, 3.05) is 0 Å². The van der Waals surface area contributed by atoms with Gasteiger partial charge in [0.05, 0.1) is 6.10 Å². The fraction of sp³-hybridized carbons (Fsp3) is 1.00. The molecule has 0 saturated heterocycles. The minimum atomic E-state index is -0.267. The van der Waals surface area contributed by atoms with Crippen LogP contribution in [0.3, 0.4) is 0 Å².